The SMILES string of the molecule is Fc1cccc(Nc2cccc(Cl)c2Cl)n1. The van der Waals surface area contributed by atoms with Crippen LogP contribution in [0.1, 0.15) is 0 Å². The molecule has 0 atom stereocenters. The maximum atomic E-state index is 12.8. The van der Waals surface area contributed by atoms with Crippen molar-refractivity contribution in [3.8, 4) is 0 Å². The van der Waals surface area contributed by atoms with Gasteiger partial charge in [-0.05, 0) is 24.3 Å². The van der Waals surface area contributed by atoms with E-state index < -0.39 is 5.95 Å². The molecule has 0 amide bonds. The first-order chi connectivity index (χ1) is 7.66. The van der Waals surface area contributed by atoms with Gasteiger partial charge in [-0.1, -0.05) is 35.3 Å². The Kier molecular flexibility index (Phi) is 3.27. The van der Waals surface area contributed by atoms with Gasteiger partial charge in [-0.15, -0.1) is 0 Å². The first-order valence-electron chi connectivity index (χ1n) is 4.50. The number of rotatable bonds is 2. The number of nitrogens with one attached hydrogen (secondary N) is 1. The number of nitrogens with zero attached hydrogens (tertiary/aromatic N) is 1. The van der Waals surface area contributed by atoms with E-state index in [1.54, 1.807) is 30.3 Å². The Hall–Kier alpha value is -1.32. The summed E-state index contributed by atoms with van der Waals surface area (Å²) in [4.78, 5) is 3.66. The van der Waals surface area contributed by atoms with E-state index in [0.717, 1.165) is 0 Å². The second-order valence-electron chi connectivity index (χ2n) is 3.07. The third kappa shape index (κ3) is 2.43. The van der Waals surface area contributed by atoms with Crippen LogP contribution >= 0.6 is 23.2 Å². The van der Waals surface area contributed by atoms with E-state index in [2.05, 4.69) is 10.3 Å². The van der Waals surface area contributed by atoms with E-state index in [0.29, 0.717) is 21.6 Å². The molecule has 1 aromatic carbocycles. The summed E-state index contributed by atoms with van der Waals surface area (Å²) in [6.45, 7) is 0. The summed E-state index contributed by atoms with van der Waals surface area (Å²) in [7, 11) is 0. The van der Waals surface area contributed by atoms with E-state index in [4.69, 9.17) is 23.2 Å². The van der Waals surface area contributed by atoms with E-state index in [1.807, 2.05) is 0 Å². The summed E-state index contributed by atoms with van der Waals surface area (Å²) < 4.78 is 12.8. The Labute approximate surface area is 102 Å². The lowest BCUT2D eigenvalue weighted by molar-refractivity contribution is 0.585. The summed E-state index contributed by atoms with van der Waals surface area (Å²) in [5.74, 6) is -0.174. The van der Waals surface area contributed by atoms with Gasteiger partial charge in [-0.3, -0.25) is 0 Å². The highest BCUT2D eigenvalue weighted by molar-refractivity contribution is 6.43. The third-order valence-corrected chi connectivity index (χ3v) is 2.75. The Morgan fingerprint density at radius 1 is 1.06 bits per heavy atom. The molecule has 2 rings (SSSR count). The molecule has 0 saturated carbocycles. The second kappa shape index (κ2) is 4.68. The van der Waals surface area contributed by atoms with Crippen LogP contribution in [0.25, 0.3) is 0 Å². The van der Waals surface area contributed by atoms with Gasteiger partial charge in [-0.2, -0.15) is 4.39 Å². The number of hydrogen-bond acceptors (Lipinski definition) is 2. The molecule has 0 aliphatic heterocycles. The topological polar surface area (TPSA) is 24.9 Å². The molecular formula is C11H7Cl2FN2. The number of anilines is 2. The zero-order valence-electron chi connectivity index (χ0n) is 8.05. The van der Waals surface area contributed by atoms with Gasteiger partial charge < -0.3 is 5.32 Å². The van der Waals surface area contributed by atoms with Crippen LogP contribution in [0.15, 0.2) is 36.4 Å². The minimum atomic E-state index is -0.553. The minimum Gasteiger partial charge on any atom is -0.339 e. The van der Waals surface area contributed by atoms with Crippen molar-refractivity contribution in [3.05, 3.63) is 52.4 Å². The van der Waals surface area contributed by atoms with Crippen molar-refractivity contribution in [1.29, 1.82) is 0 Å². The molecular weight excluding hydrogens is 250 g/mol. The van der Waals surface area contributed by atoms with E-state index in [-0.39, 0.29) is 0 Å². The summed E-state index contributed by atoms with van der Waals surface area (Å²) >= 11 is 11.8. The minimum absolute atomic E-state index is 0.379. The van der Waals surface area contributed by atoms with E-state index in [1.165, 1.54) is 6.07 Å². The van der Waals surface area contributed by atoms with Crippen molar-refractivity contribution in [2.24, 2.45) is 0 Å². The van der Waals surface area contributed by atoms with Gasteiger partial charge in [-0.25, -0.2) is 4.98 Å². The first kappa shape index (κ1) is 11.2. The largest absolute Gasteiger partial charge is 0.339 e. The molecule has 1 N–H and O–H groups in total. The standard InChI is InChI=1S/C11H7Cl2FN2/c12-7-3-1-4-8(11(7)13)15-10-6-2-5-9(14)16-10/h1-6H,(H,15,16). The van der Waals surface area contributed by atoms with Gasteiger partial charge in [0.15, 0.2) is 0 Å². The van der Waals surface area contributed by atoms with Crippen molar-refractivity contribution in [1.82, 2.24) is 4.98 Å². The highest BCUT2D eigenvalue weighted by atomic mass is 35.5. The fourth-order valence-corrected chi connectivity index (χ4v) is 1.56. The number of halogens is 3. The molecule has 0 spiro atoms. The van der Waals surface area contributed by atoms with Gasteiger partial charge in [0.2, 0.25) is 5.95 Å². The molecule has 2 nitrogen and oxygen atoms in total. The van der Waals surface area contributed by atoms with Crippen molar-refractivity contribution >= 4 is 34.7 Å². The first-order valence-corrected chi connectivity index (χ1v) is 5.26. The Balaban J connectivity index is 2.31. The maximum Gasteiger partial charge on any atom is 0.214 e. The second-order valence-corrected chi connectivity index (χ2v) is 3.86. The van der Waals surface area contributed by atoms with Crippen molar-refractivity contribution in [3.63, 3.8) is 0 Å². The van der Waals surface area contributed by atoms with Gasteiger partial charge in [0, 0.05) is 0 Å². The third-order valence-electron chi connectivity index (χ3n) is 1.93. The fraction of sp³-hybridized carbons (Fsp3) is 0. The number of pyridine rings is 1. The number of hydrogen-bond donors (Lipinski definition) is 1. The van der Waals surface area contributed by atoms with Gasteiger partial charge in [0.25, 0.3) is 0 Å². The molecule has 0 unspecified atom stereocenters. The van der Waals surface area contributed by atoms with Crippen LogP contribution < -0.4 is 5.32 Å². The molecule has 0 fully saturated rings. The molecule has 0 radical (unpaired) electrons. The van der Waals surface area contributed by atoms with Crippen LogP contribution in [0.3, 0.4) is 0 Å². The Morgan fingerprint density at radius 3 is 2.56 bits per heavy atom. The Bertz CT molecular complexity index is 517. The average Bonchev–Trinajstić information content (AvgIpc) is 2.25. The molecule has 1 heterocycles. The maximum absolute atomic E-state index is 12.8. The molecule has 2 aromatic rings. The van der Waals surface area contributed by atoms with Crippen molar-refractivity contribution < 1.29 is 4.39 Å². The predicted octanol–water partition coefficient (Wildman–Crippen LogP) is 4.27. The lowest BCUT2D eigenvalue weighted by Gasteiger charge is -2.08. The lowest BCUT2D eigenvalue weighted by atomic mass is 10.3. The summed E-state index contributed by atoms with van der Waals surface area (Å²) in [5, 5.41) is 3.70. The van der Waals surface area contributed by atoms with Crippen molar-refractivity contribution in [2.45, 2.75) is 0 Å². The molecule has 0 saturated heterocycles. The van der Waals surface area contributed by atoms with Crippen LogP contribution in [0.4, 0.5) is 15.9 Å². The molecule has 16 heavy (non-hydrogen) atoms. The monoisotopic (exact) mass is 256 g/mol. The highest BCUT2D eigenvalue weighted by Crippen LogP contribution is 2.31. The Morgan fingerprint density at radius 2 is 1.81 bits per heavy atom. The summed E-state index contributed by atoms with van der Waals surface area (Å²) in [6.07, 6.45) is 0. The number of aromatic nitrogens is 1. The van der Waals surface area contributed by atoms with Crippen LogP contribution in [0.5, 0.6) is 0 Å². The molecule has 82 valence electrons. The van der Waals surface area contributed by atoms with Gasteiger partial charge in [0.05, 0.1) is 15.7 Å². The molecule has 1 aromatic heterocycles. The lowest BCUT2D eigenvalue weighted by Crippen LogP contribution is -1.95. The average molecular weight is 257 g/mol. The molecule has 5 heteroatoms. The van der Waals surface area contributed by atoms with Crippen LogP contribution in [-0.2, 0) is 0 Å². The quantitative estimate of drug-likeness (QED) is 0.812. The van der Waals surface area contributed by atoms with Gasteiger partial charge >= 0.3 is 0 Å². The smallest absolute Gasteiger partial charge is 0.214 e. The van der Waals surface area contributed by atoms with Crippen LogP contribution in [0.2, 0.25) is 10.0 Å². The fourth-order valence-electron chi connectivity index (χ4n) is 1.22. The highest BCUT2D eigenvalue weighted by Gasteiger charge is 2.05. The van der Waals surface area contributed by atoms with E-state index in [9.17, 15) is 4.39 Å². The summed E-state index contributed by atoms with van der Waals surface area (Å²) in [5.41, 5.74) is 0.590. The van der Waals surface area contributed by atoms with Gasteiger partial charge in [0.1, 0.15) is 5.82 Å². The van der Waals surface area contributed by atoms with Crippen LogP contribution in [0, 0.1) is 5.95 Å². The van der Waals surface area contributed by atoms with E-state index >= 15 is 0 Å². The molecule has 0 aliphatic carbocycles. The predicted molar refractivity (Wildman–Crippen MR) is 63.9 cm³/mol. The molecule has 0 bridgehead atoms. The normalized spacial score (nSPS) is 10.2. The van der Waals surface area contributed by atoms with Crippen molar-refractivity contribution in [2.75, 3.05) is 5.32 Å². The summed E-state index contributed by atoms with van der Waals surface area (Å²) in [6, 6.07) is 9.62. The zero-order valence-corrected chi connectivity index (χ0v) is 9.56. The zero-order chi connectivity index (χ0) is 11.5. The number of benzene rings is 1. The van der Waals surface area contributed by atoms with Crippen LogP contribution in [-0.4, -0.2) is 4.98 Å². The molecule has 0 aliphatic rings.